The average molecular weight is 522 g/mol. The van der Waals surface area contributed by atoms with Crippen LogP contribution in [0.1, 0.15) is 37.3 Å². The number of halogens is 1. The van der Waals surface area contributed by atoms with E-state index in [1.807, 2.05) is 0 Å². The SMILES string of the molecule is C[C@@H](C(=O)NCCO)N(Cc1ccc(Cl)cc1)C(=O)CCc1ccc(S(=O)(=O)N2CCCC2)cc1. The fraction of sp³-hybridized carbons (Fsp3) is 0.440. The number of nitrogens with zero attached hydrogens (tertiary/aromatic N) is 2. The Hall–Kier alpha value is -2.46. The van der Waals surface area contributed by atoms with Gasteiger partial charge in [-0.1, -0.05) is 35.9 Å². The van der Waals surface area contributed by atoms with Gasteiger partial charge in [0.05, 0.1) is 11.5 Å². The maximum absolute atomic E-state index is 13.2. The Kier molecular flexibility index (Phi) is 9.68. The molecule has 8 nitrogen and oxygen atoms in total. The lowest BCUT2D eigenvalue weighted by Gasteiger charge is -2.29. The zero-order valence-corrected chi connectivity index (χ0v) is 21.4. The summed E-state index contributed by atoms with van der Waals surface area (Å²) >= 11 is 5.97. The van der Waals surface area contributed by atoms with Crippen LogP contribution in [0.15, 0.2) is 53.4 Å². The highest BCUT2D eigenvalue weighted by molar-refractivity contribution is 7.89. The normalized spacial score (nSPS) is 15.1. The molecule has 10 heteroatoms. The fourth-order valence-corrected chi connectivity index (χ4v) is 5.64. The summed E-state index contributed by atoms with van der Waals surface area (Å²) in [6.07, 6.45) is 2.32. The Morgan fingerprint density at radius 3 is 2.26 bits per heavy atom. The molecule has 0 spiro atoms. The van der Waals surface area contributed by atoms with Crippen LogP contribution in [0, 0.1) is 0 Å². The summed E-state index contributed by atoms with van der Waals surface area (Å²) < 4.78 is 26.9. The predicted octanol–water partition coefficient (Wildman–Crippen LogP) is 2.58. The van der Waals surface area contributed by atoms with E-state index in [9.17, 15) is 18.0 Å². The van der Waals surface area contributed by atoms with Crippen molar-refractivity contribution in [3.8, 4) is 0 Å². The number of amides is 2. The summed E-state index contributed by atoms with van der Waals surface area (Å²) in [5, 5.41) is 12.2. The van der Waals surface area contributed by atoms with Gasteiger partial charge in [-0.15, -0.1) is 0 Å². The summed E-state index contributed by atoms with van der Waals surface area (Å²) in [7, 11) is -3.48. The second-order valence-electron chi connectivity index (χ2n) is 8.59. The summed E-state index contributed by atoms with van der Waals surface area (Å²) in [5.41, 5.74) is 1.67. The van der Waals surface area contributed by atoms with Gasteiger partial charge in [-0.2, -0.15) is 4.31 Å². The van der Waals surface area contributed by atoms with E-state index in [2.05, 4.69) is 5.32 Å². The molecule has 0 aliphatic carbocycles. The Bertz CT molecular complexity index is 1100. The molecule has 2 N–H and O–H groups in total. The molecular formula is C25H32ClN3O5S. The van der Waals surface area contributed by atoms with Gasteiger partial charge < -0.3 is 15.3 Å². The van der Waals surface area contributed by atoms with E-state index in [0.717, 1.165) is 24.0 Å². The number of hydrogen-bond acceptors (Lipinski definition) is 5. The van der Waals surface area contributed by atoms with Crippen LogP contribution >= 0.6 is 11.6 Å². The third kappa shape index (κ3) is 7.27. The molecule has 1 saturated heterocycles. The second-order valence-corrected chi connectivity index (χ2v) is 11.0. The molecule has 2 amide bonds. The van der Waals surface area contributed by atoms with Crippen molar-refractivity contribution < 1.29 is 23.1 Å². The summed E-state index contributed by atoms with van der Waals surface area (Å²) in [5.74, 6) is -0.557. The van der Waals surface area contributed by atoms with Crippen LogP contribution in [0.5, 0.6) is 0 Å². The minimum absolute atomic E-state index is 0.110. The van der Waals surface area contributed by atoms with Gasteiger partial charge in [0, 0.05) is 37.6 Å². The molecule has 2 aromatic rings. The van der Waals surface area contributed by atoms with Crippen molar-refractivity contribution in [1.29, 1.82) is 0 Å². The fourth-order valence-electron chi connectivity index (χ4n) is 4.00. The Balaban J connectivity index is 1.68. The first-order valence-electron chi connectivity index (χ1n) is 11.7. The van der Waals surface area contributed by atoms with Crippen molar-refractivity contribution in [1.82, 2.24) is 14.5 Å². The quantitative estimate of drug-likeness (QED) is 0.472. The minimum atomic E-state index is -3.48. The van der Waals surface area contributed by atoms with E-state index in [1.54, 1.807) is 55.5 Å². The molecule has 1 aliphatic rings. The highest BCUT2D eigenvalue weighted by Gasteiger charge is 2.28. The number of nitrogens with one attached hydrogen (secondary N) is 1. The largest absolute Gasteiger partial charge is 0.395 e. The van der Waals surface area contributed by atoms with Gasteiger partial charge in [0.2, 0.25) is 21.8 Å². The van der Waals surface area contributed by atoms with Crippen LogP contribution in [0.4, 0.5) is 0 Å². The Morgan fingerprint density at radius 2 is 1.66 bits per heavy atom. The maximum Gasteiger partial charge on any atom is 0.243 e. The third-order valence-electron chi connectivity index (χ3n) is 6.10. The molecule has 0 saturated carbocycles. The van der Waals surface area contributed by atoms with Gasteiger partial charge in [0.1, 0.15) is 6.04 Å². The molecule has 1 aliphatic heterocycles. The average Bonchev–Trinajstić information content (AvgIpc) is 3.41. The highest BCUT2D eigenvalue weighted by atomic mass is 35.5. The first-order chi connectivity index (χ1) is 16.7. The lowest BCUT2D eigenvalue weighted by molar-refractivity contribution is -0.140. The monoisotopic (exact) mass is 521 g/mol. The zero-order chi connectivity index (χ0) is 25.4. The molecule has 190 valence electrons. The van der Waals surface area contributed by atoms with Crippen LogP contribution < -0.4 is 5.32 Å². The van der Waals surface area contributed by atoms with Crippen molar-refractivity contribution in [2.45, 2.75) is 50.1 Å². The third-order valence-corrected chi connectivity index (χ3v) is 8.26. The molecule has 0 unspecified atom stereocenters. The van der Waals surface area contributed by atoms with E-state index in [-0.39, 0.29) is 42.8 Å². The standard InChI is InChI=1S/C25H32ClN3O5S/c1-19(25(32)27-14-17-30)29(18-21-4-9-22(26)10-5-21)24(31)13-8-20-6-11-23(12-7-20)35(33,34)28-15-2-3-16-28/h4-7,9-12,19,30H,2-3,8,13-18H2,1H3,(H,27,32)/t19-/m0/s1. The molecule has 1 heterocycles. The molecule has 3 rings (SSSR count). The number of aryl methyl sites for hydroxylation is 1. The molecule has 0 radical (unpaired) electrons. The van der Waals surface area contributed by atoms with E-state index in [4.69, 9.17) is 16.7 Å². The molecule has 1 atom stereocenters. The summed E-state index contributed by atoms with van der Waals surface area (Å²) in [4.78, 5) is 27.4. The summed E-state index contributed by atoms with van der Waals surface area (Å²) in [6, 6.07) is 13.0. The summed E-state index contributed by atoms with van der Waals surface area (Å²) in [6.45, 7) is 2.90. The maximum atomic E-state index is 13.2. The van der Waals surface area contributed by atoms with Crippen LogP contribution in [0.3, 0.4) is 0 Å². The van der Waals surface area contributed by atoms with Gasteiger partial charge in [-0.25, -0.2) is 8.42 Å². The van der Waals surface area contributed by atoms with Crippen LogP contribution in [-0.4, -0.2) is 66.8 Å². The number of carbonyl (C=O) groups excluding carboxylic acids is 2. The van der Waals surface area contributed by atoms with Crippen molar-refractivity contribution in [3.63, 3.8) is 0 Å². The molecule has 1 fully saturated rings. The molecule has 0 aromatic heterocycles. The highest BCUT2D eigenvalue weighted by Crippen LogP contribution is 2.22. The van der Waals surface area contributed by atoms with Crippen LogP contribution in [0.2, 0.25) is 5.02 Å². The van der Waals surface area contributed by atoms with E-state index in [1.165, 1.54) is 9.21 Å². The van der Waals surface area contributed by atoms with Crippen molar-refractivity contribution >= 4 is 33.4 Å². The second kappa shape index (κ2) is 12.5. The number of carbonyl (C=O) groups is 2. The first kappa shape index (κ1) is 27.1. The predicted molar refractivity (Wildman–Crippen MR) is 134 cm³/mol. The van der Waals surface area contributed by atoms with Crippen molar-refractivity contribution in [3.05, 3.63) is 64.7 Å². The number of rotatable bonds is 11. The molecular weight excluding hydrogens is 490 g/mol. The lowest BCUT2D eigenvalue weighted by Crippen LogP contribution is -2.48. The lowest BCUT2D eigenvalue weighted by atomic mass is 10.1. The van der Waals surface area contributed by atoms with Gasteiger partial charge in [-0.3, -0.25) is 9.59 Å². The molecule has 0 bridgehead atoms. The van der Waals surface area contributed by atoms with Crippen LogP contribution in [0.25, 0.3) is 0 Å². The topological polar surface area (TPSA) is 107 Å². The minimum Gasteiger partial charge on any atom is -0.395 e. The molecule has 35 heavy (non-hydrogen) atoms. The van der Waals surface area contributed by atoms with Gasteiger partial charge in [0.15, 0.2) is 0 Å². The number of aliphatic hydroxyl groups is 1. The molecule has 2 aromatic carbocycles. The van der Waals surface area contributed by atoms with E-state index in [0.29, 0.717) is 24.5 Å². The Morgan fingerprint density at radius 1 is 1.06 bits per heavy atom. The number of hydrogen-bond donors (Lipinski definition) is 2. The number of benzene rings is 2. The van der Waals surface area contributed by atoms with E-state index < -0.39 is 16.1 Å². The number of aliphatic hydroxyl groups excluding tert-OH is 1. The first-order valence-corrected chi connectivity index (χ1v) is 13.6. The Labute approximate surface area is 211 Å². The van der Waals surface area contributed by atoms with Crippen molar-refractivity contribution in [2.24, 2.45) is 0 Å². The zero-order valence-electron chi connectivity index (χ0n) is 19.8. The van der Waals surface area contributed by atoms with Gasteiger partial charge in [0.25, 0.3) is 0 Å². The van der Waals surface area contributed by atoms with Gasteiger partial charge in [-0.05, 0) is 61.6 Å². The van der Waals surface area contributed by atoms with Gasteiger partial charge >= 0.3 is 0 Å². The smallest absolute Gasteiger partial charge is 0.243 e. The van der Waals surface area contributed by atoms with E-state index >= 15 is 0 Å². The van der Waals surface area contributed by atoms with Crippen LogP contribution in [-0.2, 0) is 32.6 Å². The number of sulfonamides is 1. The van der Waals surface area contributed by atoms with Crippen molar-refractivity contribution in [2.75, 3.05) is 26.2 Å².